The normalized spacial score (nSPS) is 45.4. The first-order valence-corrected chi connectivity index (χ1v) is 10.3. The van der Waals surface area contributed by atoms with E-state index in [4.69, 9.17) is 0 Å². The minimum atomic E-state index is 0.0137. The van der Waals surface area contributed by atoms with Gasteiger partial charge in [0, 0.05) is 0 Å². The molecule has 3 saturated carbocycles. The molecule has 0 saturated heterocycles. The van der Waals surface area contributed by atoms with Gasteiger partial charge in [0.15, 0.2) is 0 Å². The predicted octanol–water partition coefficient (Wildman–Crippen LogP) is 5.81. The van der Waals surface area contributed by atoms with Gasteiger partial charge in [-0.2, -0.15) is 0 Å². The number of rotatable bonds is 3. The van der Waals surface area contributed by atoms with Crippen LogP contribution in [-0.4, -0.2) is 11.2 Å². The predicted molar refractivity (Wildman–Crippen MR) is 93.7 cm³/mol. The maximum Gasteiger partial charge on any atom is 0.0596 e. The fraction of sp³-hybridized carbons (Fsp3) is 1.00. The molecule has 3 aliphatic carbocycles. The average molecular weight is 307 g/mol. The molecule has 1 N–H and O–H groups in total. The van der Waals surface area contributed by atoms with Gasteiger partial charge in [0.2, 0.25) is 0 Å². The molecule has 0 heterocycles. The lowest BCUT2D eigenvalue weighted by molar-refractivity contribution is 0.000982. The molecular formula is C21H38O. The van der Waals surface area contributed by atoms with Crippen molar-refractivity contribution in [3.05, 3.63) is 0 Å². The molecular weight excluding hydrogens is 268 g/mol. The molecule has 0 aromatic rings. The van der Waals surface area contributed by atoms with Crippen LogP contribution in [0.3, 0.4) is 0 Å². The smallest absolute Gasteiger partial charge is 0.0596 e. The van der Waals surface area contributed by atoms with Crippen molar-refractivity contribution in [1.82, 2.24) is 0 Å². The first-order chi connectivity index (χ1) is 10.6. The summed E-state index contributed by atoms with van der Waals surface area (Å²) >= 11 is 0. The summed E-state index contributed by atoms with van der Waals surface area (Å²) in [6.45, 7) is 4.80. The fourth-order valence-corrected chi connectivity index (χ4v) is 5.73. The van der Waals surface area contributed by atoms with Gasteiger partial charge >= 0.3 is 0 Å². The summed E-state index contributed by atoms with van der Waals surface area (Å²) < 4.78 is 0. The van der Waals surface area contributed by atoms with Crippen molar-refractivity contribution in [2.24, 2.45) is 35.5 Å². The second kappa shape index (κ2) is 7.69. The number of aliphatic hydroxyl groups is 1. The fourth-order valence-electron chi connectivity index (χ4n) is 5.73. The molecule has 1 atom stereocenters. The zero-order valence-corrected chi connectivity index (χ0v) is 15.0. The monoisotopic (exact) mass is 306 g/mol. The van der Waals surface area contributed by atoms with Crippen LogP contribution in [0.15, 0.2) is 0 Å². The molecule has 3 fully saturated rings. The van der Waals surface area contributed by atoms with Crippen LogP contribution in [0.5, 0.6) is 0 Å². The highest BCUT2D eigenvalue weighted by atomic mass is 16.3. The van der Waals surface area contributed by atoms with Gasteiger partial charge in [-0.15, -0.1) is 0 Å². The third-order valence-corrected chi connectivity index (χ3v) is 7.57. The van der Waals surface area contributed by atoms with E-state index in [1.807, 2.05) is 0 Å². The molecule has 0 aromatic heterocycles. The van der Waals surface area contributed by atoms with E-state index in [1.165, 1.54) is 77.0 Å². The molecule has 22 heavy (non-hydrogen) atoms. The third-order valence-electron chi connectivity index (χ3n) is 7.57. The van der Waals surface area contributed by atoms with Crippen LogP contribution >= 0.6 is 0 Å². The maximum atomic E-state index is 10.8. The van der Waals surface area contributed by atoms with Crippen LogP contribution in [0.2, 0.25) is 0 Å². The van der Waals surface area contributed by atoms with Gasteiger partial charge in [-0.25, -0.2) is 0 Å². The standard InChI is InChI=1S/C21H38O/c1-15-3-7-17(8-4-15)18-11-13-20(14-12-18)21(22)19-9-5-16(2)6-10-19/h15-22H,3-14H2,1-2H3. The Hall–Kier alpha value is -0.0400. The minimum absolute atomic E-state index is 0.0137. The number of hydrogen-bond donors (Lipinski definition) is 1. The minimum Gasteiger partial charge on any atom is -0.393 e. The van der Waals surface area contributed by atoms with Crippen molar-refractivity contribution in [2.75, 3.05) is 0 Å². The van der Waals surface area contributed by atoms with Crippen molar-refractivity contribution < 1.29 is 5.11 Å². The van der Waals surface area contributed by atoms with Crippen molar-refractivity contribution in [1.29, 1.82) is 0 Å². The van der Waals surface area contributed by atoms with E-state index in [1.54, 1.807) is 0 Å². The Balaban J connectivity index is 1.43. The molecule has 0 bridgehead atoms. The largest absolute Gasteiger partial charge is 0.393 e. The highest BCUT2D eigenvalue weighted by molar-refractivity contribution is 4.86. The summed E-state index contributed by atoms with van der Waals surface area (Å²) in [7, 11) is 0. The summed E-state index contributed by atoms with van der Waals surface area (Å²) in [6.07, 6.45) is 16.6. The number of aliphatic hydroxyl groups excluding tert-OH is 1. The van der Waals surface area contributed by atoms with Gasteiger partial charge in [-0.3, -0.25) is 0 Å². The first kappa shape index (κ1) is 16.8. The van der Waals surface area contributed by atoms with Gasteiger partial charge in [-0.1, -0.05) is 39.5 Å². The molecule has 1 heteroatoms. The molecule has 0 radical (unpaired) electrons. The van der Waals surface area contributed by atoms with Crippen molar-refractivity contribution in [3.8, 4) is 0 Å². The van der Waals surface area contributed by atoms with E-state index in [9.17, 15) is 5.11 Å². The van der Waals surface area contributed by atoms with E-state index in [0.29, 0.717) is 11.8 Å². The molecule has 3 aliphatic rings. The van der Waals surface area contributed by atoms with Crippen LogP contribution in [-0.2, 0) is 0 Å². The zero-order valence-electron chi connectivity index (χ0n) is 15.0. The van der Waals surface area contributed by atoms with E-state index in [0.717, 1.165) is 23.7 Å². The SMILES string of the molecule is CC1CCC(C2CCC(C(O)C3CCC(C)CC3)CC2)CC1. The van der Waals surface area contributed by atoms with Crippen LogP contribution in [0.4, 0.5) is 0 Å². The Morgan fingerprint density at radius 2 is 0.864 bits per heavy atom. The van der Waals surface area contributed by atoms with E-state index in [2.05, 4.69) is 13.8 Å². The maximum absolute atomic E-state index is 10.8. The van der Waals surface area contributed by atoms with Crippen molar-refractivity contribution >= 4 is 0 Å². The molecule has 3 rings (SSSR count). The summed E-state index contributed by atoms with van der Waals surface area (Å²) in [5.74, 6) is 5.12. The third kappa shape index (κ3) is 4.08. The van der Waals surface area contributed by atoms with E-state index >= 15 is 0 Å². The Bertz CT molecular complexity index is 315. The average Bonchev–Trinajstić information content (AvgIpc) is 2.56. The summed E-state index contributed by atoms with van der Waals surface area (Å²) in [5.41, 5.74) is 0. The Labute approximate surface area is 138 Å². The summed E-state index contributed by atoms with van der Waals surface area (Å²) in [6, 6.07) is 0. The van der Waals surface area contributed by atoms with Gasteiger partial charge < -0.3 is 5.11 Å². The summed E-state index contributed by atoms with van der Waals surface area (Å²) in [5, 5.41) is 10.8. The Morgan fingerprint density at radius 1 is 0.545 bits per heavy atom. The lowest BCUT2D eigenvalue weighted by Crippen LogP contribution is -2.35. The quantitative estimate of drug-likeness (QED) is 0.698. The first-order valence-electron chi connectivity index (χ1n) is 10.3. The van der Waals surface area contributed by atoms with E-state index in [-0.39, 0.29) is 6.10 Å². The second-order valence-electron chi connectivity index (χ2n) is 9.21. The molecule has 0 spiro atoms. The molecule has 1 unspecified atom stereocenters. The lowest BCUT2D eigenvalue weighted by atomic mass is 9.67. The summed E-state index contributed by atoms with van der Waals surface area (Å²) in [4.78, 5) is 0. The van der Waals surface area contributed by atoms with E-state index < -0.39 is 0 Å². The number of hydrogen-bond acceptors (Lipinski definition) is 1. The lowest BCUT2D eigenvalue weighted by Gasteiger charge is -2.40. The molecule has 0 aromatic carbocycles. The van der Waals surface area contributed by atoms with Gasteiger partial charge in [0.25, 0.3) is 0 Å². The molecule has 0 amide bonds. The van der Waals surface area contributed by atoms with Crippen LogP contribution in [0.25, 0.3) is 0 Å². The highest BCUT2D eigenvalue weighted by Gasteiger charge is 2.35. The van der Waals surface area contributed by atoms with Crippen LogP contribution < -0.4 is 0 Å². The van der Waals surface area contributed by atoms with Gasteiger partial charge in [-0.05, 0) is 86.9 Å². The van der Waals surface area contributed by atoms with Gasteiger partial charge in [0.05, 0.1) is 6.10 Å². The van der Waals surface area contributed by atoms with Crippen LogP contribution in [0, 0.1) is 35.5 Å². The highest BCUT2D eigenvalue weighted by Crippen LogP contribution is 2.44. The zero-order chi connectivity index (χ0) is 15.5. The molecule has 128 valence electrons. The van der Waals surface area contributed by atoms with Gasteiger partial charge in [0.1, 0.15) is 0 Å². The molecule has 0 aliphatic heterocycles. The van der Waals surface area contributed by atoms with Crippen LogP contribution in [0.1, 0.15) is 90.9 Å². The topological polar surface area (TPSA) is 20.2 Å². The Morgan fingerprint density at radius 3 is 1.32 bits per heavy atom. The Kier molecular flexibility index (Phi) is 5.87. The second-order valence-corrected chi connectivity index (χ2v) is 9.21. The van der Waals surface area contributed by atoms with Crippen molar-refractivity contribution in [3.63, 3.8) is 0 Å². The molecule has 1 nitrogen and oxygen atoms in total. The van der Waals surface area contributed by atoms with Crippen molar-refractivity contribution in [2.45, 2.75) is 97.0 Å².